The van der Waals surface area contributed by atoms with Gasteiger partial charge in [-0.2, -0.15) is 0 Å². The lowest BCUT2D eigenvalue weighted by molar-refractivity contribution is -0.141. The summed E-state index contributed by atoms with van der Waals surface area (Å²) in [4.78, 5) is 28.0. The zero-order valence-electron chi connectivity index (χ0n) is 13.5. The first-order valence-corrected chi connectivity index (χ1v) is 7.70. The molecule has 0 bridgehead atoms. The van der Waals surface area contributed by atoms with Gasteiger partial charge in [0, 0.05) is 32.1 Å². The van der Waals surface area contributed by atoms with E-state index < -0.39 is 0 Å². The average Bonchev–Trinajstić information content (AvgIpc) is 2.55. The quantitative estimate of drug-likeness (QED) is 0.848. The predicted octanol–water partition coefficient (Wildman–Crippen LogP) is 1.56. The Balaban J connectivity index is 1.85. The summed E-state index contributed by atoms with van der Waals surface area (Å²) in [7, 11) is 1.62. The van der Waals surface area contributed by atoms with E-state index in [0.29, 0.717) is 32.6 Å². The molecule has 1 aliphatic rings. The summed E-state index contributed by atoms with van der Waals surface area (Å²) in [6.07, 6.45) is 0.391. The van der Waals surface area contributed by atoms with Crippen LogP contribution >= 0.6 is 0 Å². The van der Waals surface area contributed by atoms with Crippen LogP contribution in [0.1, 0.15) is 19.4 Å². The molecule has 5 heteroatoms. The first-order chi connectivity index (χ1) is 10.5. The lowest BCUT2D eigenvalue weighted by Gasteiger charge is -2.35. The molecular formula is C17H24N2O3. The molecule has 1 fully saturated rings. The van der Waals surface area contributed by atoms with Crippen LogP contribution in [0, 0.1) is 5.92 Å². The second kappa shape index (κ2) is 7.29. The Morgan fingerprint density at radius 1 is 1.05 bits per heavy atom. The normalized spacial score (nSPS) is 15.1. The molecule has 0 unspecified atom stereocenters. The molecule has 0 saturated carbocycles. The topological polar surface area (TPSA) is 49.9 Å². The van der Waals surface area contributed by atoms with Crippen molar-refractivity contribution in [3.63, 3.8) is 0 Å². The van der Waals surface area contributed by atoms with Gasteiger partial charge in [0.1, 0.15) is 5.75 Å². The number of nitrogens with zero attached hydrogens (tertiary/aromatic N) is 2. The Morgan fingerprint density at radius 3 is 2.09 bits per heavy atom. The standard InChI is InChI=1S/C17H24N2O3/c1-13(2)17(21)19-10-8-18(9-11-19)16(20)12-14-4-6-15(22-3)7-5-14/h4-7,13H,8-12H2,1-3H3. The van der Waals surface area contributed by atoms with E-state index in [1.807, 2.05) is 47.9 Å². The van der Waals surface area contributed by atoms with Gasteiger partial charge >= 0.3 is 0 Å². The summed E-state index contributed by atoms with van der Waals surface area (Å²) >= 11 is 0. The fraction of sp³-hybridized carbons (Fsp3) is 0.529. The maximum absolute atomic E-state index is 12.3. The molecule has 5 nitrogen and oxygen atoms in total. The second-order valence-electron chi connectivity index (χ2n) is 5.89. The minimum atomic E-state index is 0.0153. The SMILES string of the molecule is COc1ccc(CC(=O)N2CCN(C(=O)C(C)C)CC2)cc1. The third kappa shape index (κ3) is 4.00. The molecule has 2 amide bonds. The largest absolute Gasteiger partial charge is 0.497 e. The maximum Gasteiger partial charge on any atom is 0.227 e. The van der Waals surface area contributed by atoms with Crippen molar-refractivity contribution in [3.8, 4) is 5.75 Å². The van der Waals surface area contributed by atoms with Crippen LogP contribution in [0.25, 0.3) is 0 Å². The fourth-order valence-electron chi connectivity index (χ4n) is 2.57. The molecule has 22 heavy (non-hydrogen) atoms. The number of methoxy groups -OCH3 is 1. The van der Waals surface area contributed by atoms with Crippen molar-refractivity contribution in [1.29, 1.82) is 0 Å². The maximum atomic E-state index is 12.3. The van der Waals surface area contributed by atoms with Gasteiger partial charge in [-0.25, -0.2) is 0 Å². The Labute approximate surface area is 131 Å². The monoisotopic (exact) mass is 304 g/mol. The number of carbonyl (C=O) groups excluding carboxylic acids is 2. The molecule has 0 aromatic heterocycles. The van der Waals surface area contributed by atoms with E-state index in [0.717, 1.165) is 11.3 Å². The predicted molar refractivity (Wildman–Crippen MR) is 84.7 cm³/mol. The zero-order valence-corrected chi connectivity index (χ0v) is 13.5. The smallest absolute Gasteiger partial charge is 0.227 e. The highest BCUT2D eigenvalue weighted by Gasteiger charge is 2.25. The number of carbonyl (C=O) groups is 2. The van der Waals surface area contributed by atoms with Crippen molar-refractivity contribution < 1.29 is 14.3 Å². The van der Waals surface area contributed by atoms with Crippen LogP contribution in [0.2, 0.25) is 0 Å². The van der Waals surface area contributed by atoms with Crippen LogP contribution in [-0.4, -0.2) is 54.9 Å². The second-order valence-corrected chi connectivity index (χ2v) is 5.89. The summed E-state index contributed by atoms with van der Waals surface area (Å²) in [5.74, 6) is 1.09. The van der Waals surface area contributed by atoms with Crippen molar-refractivity contribution in [2.24, 2.45) is 5.92 Å². The van der Waals surface area contributed by atoms with Gasteiger partial charge < -0.3 is 14.5 Å². The average molecular weight is 304 g/mol. The molecular weight excluding hydrogens is 280 g/mol. The van der Waals surface area contributed by atoms with E-state index in [-0.39, 0.29) is 17.7 Å². The van der Waals surface area contributed by atoms with Crippen molar-refractivity contribution in [3.05, 3.63) is 29.8 Å². The lowest BCUT2D eigenvalue weighted by atomic mass is 10.1. The van der Waals surface area contributed by atoms with Crippen molar-refractivity contribution >= 4 is 11.8 Å². The van der Waals surface area contributed by atoms with Crippen molar-refractivity contribution in [2.75, 3.05) is 33.3 Å². The molecule has 0 N–H and O–H groups in total. The zero-order chi connectivity index (χ0) is 16.1. The first-order valence-electron chi connectivity index (χ1n) is 7.70. The fourth-order valence-corrected chi connectivity index (χ4v) is 2.57. The van der Waals surface area contributed by atoms with Crippen molar-refractivity contribution in [2.45, 2.75) is 20.3 Å². The third-order valence-corrected chi connectivity index (χ3v) is 3.95. The Hall–Kier alpha value is -2.04. The molecule has 120 valence electrons. The molecule has 0 aliphatic carbocycles. The van der Waals surface area contributed by atoms with E-state index >= 15 is 0 Å². The molecule has 0 atom stereocenters. The number of benzene rings is 1. The summed E-state index contributed by atoms with van der Waals surface area (Å²) < 4.78 is 5.11. The molecule has 0 radical (unpaired) electrons. The van der Waals surface area contributed by atoms with Gasteiger partial charge in [-0.05, 0) is 17.7 Å². The molecule has 0 spiro atoms. The number of amides is 2. The van der Waals surface area contributed by atoms with E-state index in [4.69, 9.17) is 4.74 Å². The third-order valence-electron chi connectivity index (χ3n) is 3.95. The minimum absolute atomic E-state index is 0.0153. The Morgan fingerprint density at radius 2 is 1.59 bits per heavy atom. The Kier molecular flexibility index (Phi) is 5.41. The first kappa shape index (κ1) is 16.3. The van der Waals surface area contributed by atoms with Crippen LogP contribution in [0.5, 0.6) is 5.75 Å². The molecule has 1 aromatic carbocycles. The highest BCUT2D eigenvalue weighted by atomic mass is 16.5. The van der Waals surface area contributed by atoms with Gasteiger partial charge in [0.2, 0.25) is 11.8 Å². The van der Waals surface area contributed by atoms with Crippen LogP contribution in [0.4, 0.5) is 0 Å². The minimum Gasteiger partial charge on any atom is -0.497 e. The number of piperazine rings is 1. The van der Waals surface area contributed by atoms with Gasteiger partial charge in [-0.15, -0.1) is 0 Å². The van der Waals surface area contributed by atoms with E-state index in [1.54, 1.807) is 7.11 Å². The van der Waals surface area contributed by atoms with E-state index in [2.05, 4.69) is 0 Å². The number of ether oxygens (including phenoxy) is 1. The van der Waals surface area contributed by atoms with Gasteiger partial charge in [-0.3, -0.25) is 9.59 Å². The molecule has 1 saturated heterocycles. The summed E-state index contributed by atoms with van der Waals surface area (Å²) in [6.45, 7) is 6.31. The summed E-state index contributed by atoms with van der Waals surface area (Å²) in [6, 6.07) is 7.55. The van der Waals surface area contributed by atoms with Crippen molar-refractivity contribution in [1.82, 2.24) is 9.80 Å². The molecule has 1 aliphatic heterocycles. The van der Waals surface area contributed by atoms with E-state index in [9.17, 15) is 9.59 Å². The van der Waals surface area contributed by atoms with Gasteiger partial charge in [0.05, 0.1) is 13.5 Å². The van der Waals surface area contributed by atoms with Crippen LogP contribution in [-0.2, 0) is 16.0 Å². The van der Waals surface area contributed by atoms with Gasteiger partial charge in [-0.1, -0.05) is 26.0 Å². The van der Waals surface area contributed by atoms with E-state index in [1.165, 1.54) is 0 Å². The highest BCUT2D eigenvalue weighted by Crippen LogP contribution is 2.13. The molecule has 2 rings (SSSR count). The highest BCUT2D eigenvalue weighted by molar-refractivity contribution is 5.80. The summed E-state index contributed by atoms with van der Waals surface area (Å²) in [5, 5.41) is 0. The Bertz CT molecular complexity index is 517. The lowest BCUT2D eigenvalue weighted by Crippen LogP contribution is -2.51. The van der Waals surface area contributed by atoms with Crippen LogP contribution in [0.15, 0.2) is 24.3 Å². The van der Waals surface area contributed by atoms with Crippen LogP contribution in [0.3, 0.4) is 0 Å². The number of rotatable bonds is 4. The summed E-state index contributed by atoms with van der Waals surface area (Å²) in [5.41, 5.74) is 0.978. The van der Waals surface area contributed by atoms with Crippen LogP contribution < -0.4 is 4.74 Å². The number of hydrogen-bond donors (Lipinski definition) is 0. The number of hydrogen-bond acceptors (Lipinski definition) is 3. The molecule has 1 heterocycles. The van der Waals surface area contributed by atoms with Gasteiger partial charge in [0.25, 0.3) is 0 Å². The van der Waals surface area contributed by atoms with Gasteiger partial charge in [0.15, 0.2) is 0 Å². The molecule has 1 aromatic rings.